The first kappa shape index (κ1) is 24.8. The zero-order valence-electron chi connectivity index (χ0n) is 20.3. The highest BCUT2D eigenvalue weighted by Crippen LogP contribution is 2.36. The molecule has 1 aliphatic carbocycles. The van der Waals surface area contributed by atoms with Gasteiger partial charge in [-0.05, 0) is 64.5 Å². The maximum absolute atomic E-state index is 12.7. The number of carbonyl (C=O) groups is 1. The number of nitrogens with one attached hydrogen (secondary N) is 1. The topological polar surface area (TPSA) is 59.8 Å². The van der Waals surface area contributed by atoms with Crippen LogP contribution in [0.4, 0.5) is 5.69 Å². The maximum Gasteiger partial charge on any atom is 0.234 e. The lowest BCUT2D eigenvalue weighted by molar-refractivity contribution is -0.113. The lowest BCUT2D eigenvalue weighted by Gasteiger charge is -2.25. The normalized spacial score (nSPS) is 14.1. The van der Waals surface area contributed by atoms with E-state index in [2.05, 4.69) is 84.5 Å². The molecule has 36 heavy (non-hydrogen) atoms. The number of thioether (sulfide) groups is 1. The summed E-state index contributed by atoms with van der Waals surface area (Å²) in [7, 11) is 0. The Morgan fingerprint density at radius 3 is 2.36 bits per heavy atom. The number of aromatic nitrogens is 3. The van der Waals surface area contributed by atoms with Crippen molar-refractivity contribution >= 4 is 39.3 Å². The summed E-state index contributed by atoms with van der Waals surface area (Å²) in [5, 5.41) is 13.0. The molecule has 7 heteroatoms. The van der Waals surface area contributed by atoms with E-state index >= 15 is 0 Å². The van der Waals surface area contributed by atoms with Crippen LogP contribution in [0.15, 0.2) is 82.4 Å². The number of hydrogen-bond acceptors (Lipinski definition) is 4. The molecule has 1 fully saturated rings. The van der Waals surface area contributed by atoms with Crippen LogP contribution in [0.5, 0.6) is 0 Å². The number of nitrogens with zero attached hydrogens (tertiary/aromatic N) is 3. The van der Waals surface area contributed by atoms with Gasteiger partial charge in [0.2, 0.25) is 5.91 Å². The van der Waals surface area contributed by atoms with Crippen molar-refractivity contribution in [1.82, 2.24) is 14.8 Å². The van der Waals surface area contributed by atoms with Crippen LogP contribution in [-0.2, 0) is 4.79 Å². The average Bonchev–Trinajstić information content (AvgIpc) is 3.34. The molecule has 0 atom stereocenters. The van der Waals surface area contributed by atoms with E-state index in [0.29, 0.717) is 6.04 Å². The highest BCUT2D eigenvalue weighted by molar-refractivity contribution is 9.10. The molecule has 1 heterocycles. The van der Waals surface area contributed by atoms with E-state index in [1.807, 2.05) is 31.2 Å². The summed E-state index contributed by atoms with van der Waals surface area (Å²) >= 11 is 4.99. The van der Waals surface area contributed by atoms with Crippen LogP contribution >= 0.6 is 27.7 Å². The predicted molar refractivity (Wildman–Crippen MR) is 151 cm³/mol. The molecule has 4 aromatic rings. The van der Waals surface area contributed by atoms with Crippen LogP contribution in [0, 0.1) is 6.92 Å². The molecule has 0 aliphatic heterocycles. The third-order valence-electron chi connectivity index (χ3n) is 6.59. The second-order valence-electron chi connectivity index (χ2n) is 9.23. The molecule has 1 amide bonds. The van der Waals surface area contributed by atoms with Gasteiger partial charge in [-0.2, -0.15) is 0 Å². The lowest BCUT2D eigenvalue weighted by atomic mass is 9.95. The van der Waals surface area contributed by atoms with Gasteiger partial charge in [0.25, 0.3) is 0 Å². The number of amides is 1. The first-order valence-corrected chi connectivity index (χ1v) is 14.2. The number of aryl methyl sites for hydroxylation is 1. The second kappa shape index (κ2) is 11.4. The third kappa shape index (κ3) is 5.73. The highest BCUT2D eigenvalue weighted by Gasteiger charge is 2.24. The Morgan fingerprint density at radius 1 is 0.944 bits per heavy atom. The van der Waals surface area contributed by atoms with E-state index in [-0.39, 0.29) is 11.7 Å². The minimum absolute atomic E-state index is 0.0588. The van der Waals surface area contributed by atoms with Gasteiger partial charge < -0.3 is 5.32 Å². The first-order chi connectivity index (χ1) is 17.6. The van der Waals surface area contributed by atoms with Gasteiger partial charge >= 0.3 is 0 Å². The Bertz CT molecular complexity index is 1330. The molecule has 1 saturated carbocycles. The molecule has 0 unspecified atom stereocenters. The van der Waals surface area contributed by atoms with Crippen molar-refractivity contribution in [2.45, 2.75) is 50.2 Å². The van der Waals surface area contributed by atoms with Gasteiger partial charge in [-0.1, -0.05) is 91.7 Å². The van der Waals surface area contributed by atoms with Gasteiger partial charge in [0.05, 0.1) is 11.4 Å². The summed E-state index contributed by atoms with van der Waals surface area (Å²) in [6.07, 6.45) is 5.92. The molecular formula is C29H29BrN4OS. The molecule has 0 bridgehead atoms. The largest absolute Gasteiger partial charge is 0.324 e. The van der Waals surface area contributed by atoms with E-state index in [9.17, 15) is 4.79 Å². The minimum Gasteiger partial charge on any atom is -0.324 e. The van der Waals surface area contributed by atoms with E-state index < -0.39 is 0 Å². The fraction of sp³-hybridized carbons (Fsp3) is 0.276. The number of hydrogen-bond donors (Lipinski definition) is 1. The van der Waals surface area contributed by atoms with Gasteiger partial charge in [0.15, 0.2) is 11.0 Å². The van der Waals surface area contributed by atoms with E-state index in [1.165, 1.54) is 42.2 Å². The van der Waals surface area contributed by atoms with Crippen molar-refractivity contribution in [3.8, 4) is 22.5 Å². The van der Waals surface area contributed by atoms with Gasteiger partial charge in [-0.15, -0.1) is 10.2 Å². The Kier molecular flexibility index (Phi) is 7.87. The number of carbonyl (C=O) groups excluding carboxylic acids is 1. The Hall–Kier alpha value is -2.90. The quantitative estimate of drug-likeness (QED) is 0.233. The van der Waals surface area contributed by atoms with Crippen molar-refractivity contribution in [3.63, 3.8) is 0 Å². The van der Waals surface area contributed by atoms with Gasteiger partial charge in [-0.3, -0.25) is 9.36 Å². The smallest absolute Gasteiger partial charge is 0.234 e. The van der Waals surface area contributed by atoms with Gasteiger partial charge in [0, 0.05) is 16.1 Å². The van der Waals surface area contributed by atoms with Crippen LogP contribution < -0.4 is 5.32 Å². The molecule has 0 saturated heterocycles. The number of halogens is 1. The van der Waals surface area contributed by atoms with Gasteiger partial charge in [-0.25, -0.2) is 0 Å². The Balaban J connectivity index is 1.36. The first-order valence-electron chi connectivity index (χ1n) is 12.4. The molecule has 1 N–H and O–H groups in total. The molecule has 0 radical (unpaired) electrons. The van der Waals surface area contributed by atoms with Crippen LogP contribution in [0.25, 0.3) is 22.5 Å². The second-order valence-corrected chi connectivity index (χ2v) is 11.0. The number of anilines is 1. The Morgan fingerprint density at radius 2 is 1.64 bits per heavy atom. The fourth-order valence-electron chi connectivity index (χ4n) is 4.72. The van der Waals surface area contributed by atoms with Crippen molar-refractivity contribution in [1.29, 1.82) is 0 Å². The van der Waals surface area contributed by atoms with Crippen LogP contribution in [-0.4, -0.2) is 26.4 Å². The monoisotopic (exact) mass is 560 g/mol. The van der Waals surface area contributed by atoms with Crippen LogP contribution in [0.3, 0.4) is 0 Å². The van der Waals surface area contributed by atoms with Crippen molar-refractivity contribution in [3.05, 3.63) is 82.8 Å². The summed E-state index contributed by atoms with van der Waals surface area (Å²) in [6.45, 7) is 2.02. The third-order valence-corrected chi connectivity index (χ3v) is 8.18. The molecule has 184 valence electrons. The molecule has 3 aromatic carbocycles. The summed E-state index contributed by atoms with van der Waals surface area (Å²) < 4.78 is 3.16. The molecule has 5 rings (SSSR count). The van der Waals surface area contributed by atoms with Crippen molar-refractivity contribution in [2.24, 2.45) is 0 Å². The summed E-state index contributed by atoms with van der Waals surface area (Å²) in [5.41, 5.74) is 5.34. The Labute approximate surface area is 224 Å². The molecule has 1 aromatic heterocycles. The predicted octanol–water partition coefficient (Wildman–Crippen LogP) is 7.92. The van der Waals surface area contributed by atoms with Crippen LogP contribution in [0.1, 0.15) is 43.7 Å². The van der Waals surface area contributed by atoms with E-state index in [4.69, 9.17) is 0 Å². The van der Waals surface area contributed by atoms with Crippen molar-refractivity contribution < 1.29 is 4.79 Å². The minimum atomic E-state index is -0.0588. The standard InChI is InChI=1S/C29H29BrN4OS/c1-20-12-17-26(25(30)18-20)31-27(35)19-36-29-33-32-28(34(29)24-10-6-3-7-11-24)23-15-13-22(14-16-23)21-8-4-2-5-9-21/h2,4-5,8-9,12-18,24H,3,6-7,10-11,19H2,1H3,(H,31,35). The molecule has 1 aliphatic rings. The van der Waals surface area contributed by atoms with E-state index in [1.54, 1.807) is 0 Å². The van der Waals surface area contributed by atoms with E-state index in [0.717, 1.165) is 45.1 Å². The molecule has 5 nitrogen and oxygen atoms in total. The zero-order valence-corrected chi connectivity index (χ0v) is 22.7. The zero-order chi connectivity index (χ0) is 24.9. The lowest BCUT2D eigenvalue weighted by Crippen LogP contribution is -2.17. The maximum atomic E-state index is 12.7. The number of benzene rings is 3. The molecule has 0 spiro atoms. The fourth-order valence-corrected chi connectivity index (χ4v) is 6.12. The summed E-state index contributed by atoms with van der Waals surface area (Å²) in [6, 6.07) is 25.2. The SMILES string of the molecule is Cc1ccc(NC(=O)CSc2nnc(-c3ccc(-c4ccccc4)cc3)n2C2CCCCC2)c(Br)c1. The van der Waals surface area contributed by atoms with Gasteiger partial charge in [0.1, 0.15) is 0 Å². The number of rotatable bonds is 7. The van der Waals surface area contributed by atoms with Crippen molar-refractivity contribution in [2.75, 3.05) is 11.1 Å². The average molecular weight is 562 g/mol. The highest BCUT2D eigenvalue weighted by atomic mass is 79.9. The summed E-state index contributed by atoms with van der Waals surface area (Å²) in [5.74, 6) is 1.10. The molecular weight excluding hydrogens is 532 g/mol. The van der Waals surface area contributed by atoms with Crippen LogP contribution in [0.2, 0.25) is 0 Å². The summed E-state index contributed by atoms with van der Waals surface area (Å²) in [4.78, 5) is 12.7.